The van der Waals surface area contributed by atoms with Crippen LogP contribution in [0.2, 0.25) is 0 Å². The number of halogens is 3. The Hall–Kier alpha value is -2.05. The lowest BCUT2D eigenvalue weighted by atomic mass is 9.79. The molecule has 2 fully saturated rings. The van der Waals surface area contributed by atoms with Gasteiger partial charge in [-0.2, -0.15) is 0 Å². The third-order valence-electron chi connectivity index (χ3n) is 7.08. The molecular formula is C27H35F3O3. The van der Waals surface area contributed by atoms with Crippen LogP contribution in [0.3, 0.4) is 0 Å². The third kappa shape index (κ3) is 6.51. The maximum atomic E-state index is 15.0. The van der Waals surface area contributed by atoms with E-state index >= 15 is 4.39 Å². The number of benzene rings is 1. The van der Waals surface area contributed by atoms with Crippen molar-refractivity contribution in [2.45, 2.75) is 75.4 Å². The predicted octanol–water partition coefficient (Wildman–Crippen LogP) is 7.25. The Kier molecular flexibility index (Phi) is 9.21. The molecule has 2 aliphatic rings. The molecule has 6 heteroatoms. The van der Waals surface area contributed by atoms with Crippen molar-refractivity contribution in [3.63, 3.8) is 0 Å². The van der Waals surface area contributed by atoms with Crippen LogP contribution in [0.4, 0.5) is 13.2 Å². The van der Waals surface area contributed by atoms with Crippen LogP contribution in [0.5, 0.6) is 0 Å². The summed E-state index contributed by atoms with van der Waals surface area (Å²) in [5.74, 6) is -1.70. The van der Waals surface area contributed by atoms with E-state index < -0.39 is 17.5 Å². The lowest BCUT2D eigenvalue weighted by Gasteiger charge is -2.31. The summed E-state index contributed by atoms with van der Waals surface area (Å²) < 4.78 is 60.0. The average molecular weight is 465 g/mol. The van der Waals surface area contributed by atoms with Crippen molar-refractivity contribution in [2.24, 2.45) is 0 Å². The molecule has 0 heterocycles. The van der Waals surface area contributed by atoms with Crippen molar-refractivity contribution in [3.8, 4) is 0 Å². The summed E-state index contributed by atoms with van der Waals surface area (Å²) in [4.78, 5) is 0. The van der Waals surface area contributed by atoms with Gasteiger partial charge in [0.1, 0.15) is 11.6 Å². The predicted molar refractivity (Wildman–Crippen MR) is 124 cm³/mol. The van der Waals surface area contributed by atoms with E-state index in [0.29, 0.717) is 36.8 Å². The molecule has 1 aromatic rings. The number of allylic oxidation sites excluding steroid dienone is 1. The Labute approximate surface area is 195 Å². The Balaban J connectivity index is 1.53. The van der Waals surface area contributed by atoms with Gasteiger partial charge in [-0.25, -0.2) is 13.2 Å². The molecule has 182 valence electrons. The molecule has 0 atom stereocenters. The fourth-order valence-corrected chi connectivity index (χ4v) is 4.95. The van der Waals surface area contributed by atoms with E-state index in [1.54, 1.807) is 19.2 Å². The minimum Gasteiger partial charge on any atom is -0.497 e. The highest BCUT2D eigenvalue weighted by molar-refractivity contribution is 5.32. The molecule has 2 saturated carbocycles. The Bertz CT molecular complexity index is 864. The van der Waals surface area contributed by atoms with Gasteiger partial charge >= 0.3 is 0 Å². The standard InChI is InChI=1S/C27H35F3O3/c1-17(25(28)15-18(2)31-3)16-33-22-11-7-20(8-12-22)24-14-13-23(26(29)27(24)30)19-5-9-21(32-4)10-6-19/h13-15,19-22H,1-2,5-12,16H2,3-4H3/b25-15+. The van der Waals surface area contributed by atoms with E-state index in [0.717, 1.165) is 25.7 Å². The summed E-state index contributed by atoms with van der Waals surface area (Å²) in [6.07, 6.45) is 7.54. The zero-order chi connectivity index (χ0) is 24.0. The molecule has 33 heavy (non-hydrogen) atoms. The Morgan fingerprint density at radius 3 is 1.82 bits per heavy atom. The van der Waals surface area contributed by atoms with Crippen molar-refractivity contribution >= 4 is 0 Å². The number of hydrogen-bond donors (Lipinski definition) is 0. The lowest BCUT2D eigenvalue weighted by Crippen LogP contribution is -2.23. The molecule has 0 bridgehead atoms. The summed E-state index contributed by atoms with van der Waals surface area (Å²) in [7, 11) is 3.12. The second kappa shape index (κ2) is 11.9. The molecule has 0 amide bonds. The van der Waals surface area contributed by atoms with Gasteiger partial charge in [0.25, 0.3) is 0 Å². The SMILES string of the molecule is C=C(/C=C(/F)C(=C)COC1CCC(c2ccc(C3CCC(OC)CC3)c(F)c2F)CC1)OC. The van der Waals surface area contributed by atoms with Gasteiger partial charge in [-0.15, -0.1) is 0 Å². The molecule has 0 N–H and O–H groups in total. The van der Waals surface area contributed by atoms with Gasteiger partial charge < -0.3 is 14.2 Å². The first-order chi connectivity index (χ1) is 15.8. The van der Waals surface area contributed by atoms with Crippen molar-refractivity contribution in [3.05, 3.63) is 71.3 Å². The van der Waals surface area contributed by atoms with E-state index in [1.165, 1.54) is 13.2 Å². The van der Waals surface area contributed by atoms with Crippen LogP contribution in [0.25, 0.3) is 0 Å². The molecule has 0 aromatic heterocycles. The molecule has 0 spiro atoms. The quantitative estimate of drug-likeness (QED) is 0.285. The largest absolute Gasteiger partial charge is 0.497 e. The molecule has 2 aliphatic carbocycles. The second-order valence-electron chi connectivity index (χ2n) is 9.13. The normalized spacial score (nSPS) is 26.2. The Morgan fingerprint density at radius 2 is 1.36 bits per heavy atom. The van der Waals surface area contributed by atoms with Gasteiger partial charge in [-0.1, -0.05) is 25.3 Å². The first-order valence-corrected chi connectivity index (χ1v) is 11.7. The smallest absolute Gasteiger partial charge is 0.162 e. The van der Waals surface area contributed by atoms with Gasteiger partial charge in [0.05, 0.1) is 25.9 Å². The Morgan fingerprint density at radius 1 is 0.879 bits per heavy atom. The summed E-state index contributed by atoms with van der Waals surface area (Å²) in [5, 5.41) is 0. The van der Waals surface area contributed by atoms with Gasteiger partial charge in [0, 0.05) is 18.8 Å². The molecule has 0 radical (unpaired) electrons. The minimum absolute atomic E-state index is 0.0394. The summed E-state index contributed by atoms with van der Waals surface area (Å²) >= 11 is 0. The van der Waals surface area contributed by atoms with Crippen molar-refractivity contribution < 1.29 is 27.4 Å². The molecule has 0 unspecified atom stereocenters. The average Bonchev–Trinajstić information content (AvgIpc) is 2.84. The zero-order valence-corrected chi connectivity index (χ0v) is 19.7. The number of hydrogen-bond acceptors (Lipinski definition) is 3. The number of rotatable bonds is 9. The van der Waals surface area contributed by atoms with Crippen molar-refractivity contribution in [1.82, 2.24) is 0 Å². The topological polar surface area (TPSA) is 27.7 Å². The van der Waals surface area contributed by atoms with Crippen molar-refractivity contribution in [2.75, 3.05) is 20.8 Å². The summed E-state index contributed by atoms with van der Waals surface area (Å²) in [6.45, 7) is 7.32. The second-order valence-corrected chi connectivity index (χ2v) is 9.13. The highest BCUT2D eigenvalue weighted by Gasteiger charge is 2.30. The first kappa shape index (κ1) is 25.6. The van der Waals surface area contributed by atoms with E-state index in [9.17, 15) is 8.78 Å². The molecule has 3 nitrogen and oxygen atoms in total. The van der Waals surface area contributed by atoms with Crippen LogP contribution < -0.4 is 0 Å². The molecular weight excluding hydrogens is 429 g/mol. The first-order valence-electron chi connectivity index (χ1n) is 11.7. The van der Waals surface area contributed by atoms with E-state index in [1.807, 2.05) is 0 Å². The molecule has 0 aliphatic heterocycles. The van der Waals surface area contributed by atoms with E-state index in [4.69, 9.17) is 14.2 Å². The van der Waals surface area contributed by atoms with E-state index in [-0.39, 0.29) is 42.0 Å². The van der Waals surface area contributed by atoms with Crippen LogP contribution in [0.1, 0.15) is 74.3 Å². The lowest BCUT2D eigenvalue weighted by molar-refractivity contribution is 0.0382. The monoisotopic (exact) mass is 464 g/mol. The minimum atomic E-state index is -0.704. The summed E-state index contributed by atoms with van der Waals surface area (Å²) in [6, 6.07) is 3.55. The van der Waals surface area contributed by atoms with Crippen LogP contribution in [-0.2, 0) is 14.2 Å². The van der Waals surface area contributed by atoms with Crippen LogP contribution in [-0.4, -0.2) is 33.0 Å². The number of ether oxygens (including phenoxy) is 3. The van der Waals surface area contributed by atoms with Gasteiger partial charge in [-0.05, 0) is 74.3 Å². The highest BCUT2D eigenvalue weighted by Crippen LogP contribution is 2.40. The van der Waals surface area contributed by atoms with Gasteiger partial charge in [-0.3, -0.25) is 0 Å². The zero-order valence-electron chi connectivity index (χ0n) is 19.7. The maximum Gasteiger partial charge on any atom is 0.162 e. The van der Waals surface area contributed by atoms with E-state index in [2.05, 4.69) is 13.2 Å². The van der Waals surface area contributed by atoms with Gasteiger partial charge in [0.15, 0.2) is 11.6 Å². The maximum absolute atomic E-state index is 15.0. The van der Waals surface area contributed by atoms with Crippen LogP contribution >= 0.6 is 0 Å². The fraction of sp³-hybridized carbons (Fsp3) is 0.556. The van der Waals surface area contributed by atoms with Gasteiger partial charge in [0.2, 0.25) is 0 Å². The molecule has 0 saturated heterocycles. The van der Waals surface area contributed by atoms with Crippen LogP contribution in [0.15, 0.2) is 48.5 Å². The molecule has 3 rings (SSSR count). The summed E-state index contributed by atoms with van der Waals surface area (Å²) in [5.41, 5.74) is 1.17. The highest BCUT2D eigenvalue weighted by atomic mass is 19.2. The number of methoxy groups -OCH3 is 2. The third-order valence-corrected chi connectivity index (χ3v) is 7.08. The van der Waals surface area contributed by atoms with Crippen LogP contribution in [0, 0.1) is 11.6 Å². The van der Waals surface area contributed by atoms with Crippen molar-refractivity contribution in [1.29, 1.82) is 0 Å². The molecule has 1 aromatic carbocycles. The fourth-order valence-electron chi connectivity index (χ4n) is 4.95.